The standard InChI is InChI=1S/C13H16N2O3/c1-16-12-6-10(14)11(7-13(12)17-2)15-8-9-4-3-5-18-9/h3-7,15H,8,14H2,1-2H3. The molecular formula is C13H16N2O3. The molecule has 0 unspecified atom stereocenters. The molecule has 2 rings (SSSR count). The number of ether oxygens (including phenoxy) is 2. The second-order valence-corrected chi connectivity index (χ2v) is 3.73. The molecule has 0 radical (unpaired) electrons. The first-order valence-electron chi connectivity index (χ1n) is 5.52. The third-order valence-electron chi connectivity index (χ3n) is 2.59. The summed E-state index contributed by atoms with van der Waals surface area (Å²) in [6, 6.07) is 7.26. The summed E-state index contributed by atoms with van der Waals surface area (Å²) in [7, 11) is 3.16. The van der Waals surface area contributed by atoms with Gasteiger partial charge in [-0.3, -0.25) is 0 Å². The molecule has 0 spiro atoms. The van der Waals surface area contributed by atoms with E-state index in [0.29, 0.717) is 23.7 Å². The predicted molar refractivity (Wildman–Crippen MR) is 70.0 cm³/mol. The number of benzene rings is 1. The number of nitrogen functional groups attached to an aromatic ring is 1. The Morgan fingerprint density at radius 1 is 1.22 bits per heavy atom. The zero-order valence-electron chi connectivity index (χ0n) is 10.4. The van der Waals surface area contributed by atoms with Crippen LogP contribution in [0.15, 0.2) is 34.9 Å². The molecule has 1 aromatic heterocycles. The Balaban J connectivity index is 2.17. The molecule has 0 aliphatic rings. The molecule has 0 fully saturated rings. The van der Waals surface area contributed by atoms with Gasteiger partial charge in [0.05, 0.1) is 38.4 Å². The van der Waals surface area contributed by atoms with Crippen LogP contribution in [-0.4, -0.2) is 14.2 Å². The molecule has 0 saturated heterocycles. The van der Waals surface area contributed by atoms with Gasteiger partial charge in [-0.25, -0.2) is 0 Å². The minimum Gasteiger partial charge on any atom is -0.493 e. The lowest BCUT2D eigenvalue weighted by Gasteiger charge is -2.13. The zero-order chi connectivity index (χ0) is 13.0. The summed E-state index contributed by atoms with van der Waals surface area (Å²) >= 11 is 0. The molecule has 5 nitrogen and oxygen atoms in total. The fourth-order valence-electron chi connectivity index (χ4n) is 1.64. The van der Waals surface area contributed by atoms with E-state index in [-0.39, 0.29) is 0 Å². The first-order valence-corrected chi connectivity index (χ1v) is 5.52. The largest absolute Gasteiger partial charge is 0.493 e. The van der Waals surface area contributed by atoms with Crippen LogP contribution in [-0.2, 0) is 6.54 Å². The van der Waals surface area contributed by atoms with Crippen LogP contribution in [0.1, 0.15) is 5.76 Å². The van der Waals surface area contributed by atoms with E-state index in [2.05, 4.69) is 5.32 Å². The van der Waals surface area contributed by atoms with Crippen LogP contribution in [0.5, 0.6) is 11.5 Å². The number of nitrogens with two attached hydrogens (primary N) is 1. The van der Waals surface area contributed by atoms with E-state index in [1.807, 2.05) is 12.1 Å². The van der Waals surface area contributed by atoms with Crippen molar-refractivity contribution < 1.29 is 13.9 Å². The summed E-state index contributed by atoms with van der Waals surface area (Å²) in [5, 5.41) is 3.19. The first-order chi connectivity index (χ1) is 8.74. The van der Waals surface area contributed by atoms with Crippen LogP contribution < -0.4 is 20.5 Å². The van der Waals surface area contributed by atoms with Crippen molar-refractivity contribution in [1.82, 2.24) is 0 Å². The van der Waals surface area contributed by atoms with Crippen molar-refractivity contribution in [2.45, 2.75) is 6.54 Å². The lowest BCUT2D eigenvalue weighted by atomic mass is 10.2. The van der Waals surface area contributed by atoms with Crippen molar-refractivity contribution in [3.05, 3.63) is 36.3 Å². The quantitative estimate of drug-likeness (QED) is 0.795. The number of rotatable bonds is 5. The van der Waals surface area contributed by atoms with Gasteiger partial charge in [0, 0.05) is 12.1 Å². The van der Waals surface area contributed by atoms with Gasteiger partial charge in [-0.2, -0.15) is 0 Å². The molecule has 0 aliphatic carbocycles. The van der Waals surface area contributed by atoms with E-state index in [0.717, 1.165) is 11.4 Å². The molecule has 0 atom stereocenters. The third kappa shape index (κ3) is 2.51. The number of methoxy groups -OCH3 is 2. The summed E-state index contributed by atoms with van der Waals surface area (Å²) in [5.74, 6) is 2.08. The van der Waals surface area contributed by atoms with Crippen LogP contribution in [0.25, 0.3) is 0 Å². The lowest BCUT2D eigenvalue weighted by Crippen LogP contribution is -2.03. The van der Waals surface area contributed by atoms with Gasteiger partial charge in [-0.1, -0.05) is 0 Å². The Morgan fingerprint density at radius 2 is 1.94 bits per heavy atom. The molecule has 0 bridgehead atoms. The van der Waals surface area contributed by atoms with Crippen molar-refractivity contribution in [2.75, 3.05) is 25.3 Å². The maximum Gasteiger partial charge on any atom is 0.162 e. The average molecular weight is 248 g/mol. The van der Waals surface area contributed by atoms with Gasteiger partial charge in [0.15, 0.2) is 11.5 Å². The van der Waals surface area contributed by atoms with Crippen molar-refractivity contribution >= 4 is 11.4 Å². The first kappa shape index (κ1) is 12.2. The van der Waals surface area contributed by atoms with Crippen molar-refractivity contribution in [2.24, 2.45) is 0 Å². The number of nitrogens with one attached hydrogen (secondary N) is 1. The molecule has 0 amide bonds. The van der Waals surface area contributed by atoms with Gasteiger partial charge in [0.2, 0.25) is 0 Å². The molecule has 96 valence electrons. The topological polar surface area (TPSA) is 69.7 Å². The van der Waals surface area contributed by atoms with Crippen molar-refractivity contribution in [1.29, 1.82) is 0 Å². The summed E-state index contributed by atoms with van der Waals surface area (Å²) < 4.78 is 15.6. The highest BCUT2D eigenvalue weighted by atomic mass is 16.5. The monoisotopic (exact) mass is 248 g/mol. The Kier molecular flexibility index (Phi) is 3.62. The number of furan rings is 1. The summed E-state index contributed by atoms with van der Waals surface area (Å²) in [6.45, 7) is 0.562. The average Bonchev–Trinajstić information content (AvgIpc) is 2.90. The minimum absolute atomic E-state index is 0.562. The maximum absolute atomic E-state index is 5.93. The fourth-order valence-corrected chi connectivity index (χ4v) is 1.64. The summed E-state index contributed by atoms with van der Waals surface area (Å²) in [5.41, 5.74) is 7.31. The van der Waals surface area contributed by atoms with Gasteiger partial charge in [-0.15, -0.1) is 0 Å². The minimum atomic E-state index is 0.562. The van der Waals surface area contributed by atoms with E-state index in [1.54, 1.807) is 32.6 Å². The van der Waals surface area contributed by atoms with Gasteiger partial charge in [0.25, 0.3) is 0 Å². The van der Waals surface area contributed by atoms with Crippen LogP contribution in [0.4, 0.5) is 11.4 Å². The molecule has 1 aromatic carbocycles. The smallest absolute Gasteiger partial charge is 0.162 e. The zero-order valence-corrected chi connectivity index (χ0v) is 10.4. The van der Waals surface area contributed by atoms with Gasteiger partial charge >= 0.3 is 0 Å². The second kappa shape index (κ2) is 5.35. The molecule has 0 saturated carbocycles. The highest BCUT2D eigenvalue weighted by Crippen LogP contribution is 2.34. The van der Waals surface area contributed by atoms with E-state index >= 15 is 0 Å². The van der Waals surface area contributed by atoms with Gasteiger partial charge in [0.1, 0.15) is 5.76 Å². The van der Waals surface area contributed by atoms with Crippen molar-refractivity contribution in [3.63, 3.8) is 0 Å². The van der Waals surface area contributed by atoms with Gasteiger partial charge in [-0.05, 0) is 12.1 Å². The number of hydrogen-bond acceptors (Lipinski definition) is 5. The van der Waals surface area contributed by atoms with Crippen LogP contribution >= 0.6 is 0 Å². The fraction of sp³-hybridized carbons (Fsp3) is 0.231. The second-order valence-electron chi connectivity index (χ2n) is 3.73. The molecule has 2 aromatic rings. The van der Waals surface area contributed by atoms with Gasteiger partial charge < -0.3 is 24.9 Å². The SMILES string of the molecule is COc1cc(N)c(NCc2ccco2)cc1OC. The Hall–Kier alpha value is -2.30. The van der Waals surface area contributed by atoms with Crippen molar-refractivity contribution in [3.8, 4) is 11.5 Å². The summed E-state index contributed by atoms with van der Waals surface area (Å²) in [6.07, 6.45) is 1.63. The highest BCUT2D eigenvalue weighted by Gasteiger charge is 2.09. The molecule has 18 heavy (non-hydrogen) atoms. The normalized spacial score (nSPS) is 10.1. The molecule has 0 aliphatic heterocycles. The van der Waals surface area contributed by atoms with E-state index in [9.17, 15) is 0 Å². The Bertz CT molecular complexity index is 509. The van der Waals surface area contributed by atoms with E-state index in [4.69, 9.17) is 19.6 Å². The predicted octanol–water partition coefficient (Wildman–Crippen LogP) is 2.49. The molecular weight excluding hydrogens is 232 g/mol. The van der Waals surface area contributed by atoms with Crippen LogP contribution in [0.3, 0.4) is 0 Å². The molecule has 5 heteroatoms. The van der Waals surface area contributed by atoms with Crippen LogP contribution in [0.2, 0.25) is 0 Å². The van der Waals surface area contributed by atoms with E-state index in [1.165, 1.54) is 0 Å². The lowest BCUT2D eigenvalue weighted by molar-refractivity contribution is 0.355. The Morgan fingerprint density at radius 3 is 2.56 bits per heavy atom. The Labute approximate surface area is 105 Å². The maximum atomic E-state index is 5.93. The third-order valence-corrected chi connectivity index (χ3v) is 2.59. The number of anilines is 2. The molecule has 3 N–H and O–H groups in total. The highest BCUT2D eigenvalue weighted by molar-refractivity contribution is 5.71. The summed E-state index contributed by atoms with van der Waals surface area (Å²) in [4.78, 5) is 0. The number of hydrogen-bond donors (Lipinski definition) is 2. The van der Waals surface area contributed by atoms with E-state index < -0.39 is 0 Å². The van der Waals surface area contributed by atoms with Crippen LogP contribution in [0, 0.1) is 0 Å². The molecule has 1 heterocycles.